The summed E-state index contributed by atoms with van der Waals surface area (Å²) in [6.45, 7) is -0.559. The van der Waals surface area contributed by atoms with Gasteiger partial charge >= 0.3 is 0 Å². The second-order valence-electron chi connectivity index (χ2n) is 4.64. The summed E-state index contributed by atoms with van der Waals surface area (Å²) >= 11 is 0. The highest BCUT2D eigenvalue weighted by atomic mass is 19.1. The van der Waals surface area contributed by atoms with Gasteiger partial charge in [-0.05, 0) is 30.3 Å². The highest BCUT2D eigenvalue weighted by Crippen LogP contribution is 2.25. The molecule has 0 unspecified atom stereocenters. The summed E-state index contributed by atoms with van der Waals surface area (Å²) in [6, 6.07) is 14.1. The number of carbonyl (C=O) groups excluding carboxylic acids is 1. The zero-order chi connectivity index (χ0) is 15.4. The third-order valence-electron chi connectivity index (χ3n) is 3.15. The molecule has 0 fully saturated rings. The van der Waals surface area contributed by atoms with Crippen LogP contribution in [0.2, 0.25) is 0 Å². The molecule has 6 heteroatoms. The van der Waals surface area contributed by atoms with Crippen LogP contribution in [0.5, 0.6) is 5.75 Å². The molecule has 1 amide bonds. The van der Waals surface area contributed by atoms with Gasteiger partial charge in [-0.25, -0.2) is 4.39 Å². The van der Waals surface area contributed by atoms with Crippen molar-refractivity contribution < 1.29 is 13.9 Å². The maximum Gasteiger partial charge on any atom is 0.256 e. The monoisotopic (exact) mass is 299 g/mol. The Hall–Kier alpha value is -2.89. The molecule has 112 valence electrons. The van der Waals surface area contributed by atoms with E-state index >= 15 is 0 Å². The SMILES string of the molecule is O=C(Nc1n[nH]c2ccc(OCCF)cc12)c1ccccc1. The molecule has 3 rings (SSSR count). The van der Waals surface area contributed by atoms with E-state index in [1.54, 1.807) is 42.5 Å². The summed E-state index contributed by atoms with van der Waals surface area (Å²) in [5, 5.41) is 10.4. The first-order valence-electron chi connectivity index (χ1n) is 6.81. The second-order valence-corrected chi connectivity index (χ2v) is 4.64. The van der Waals surface area contributed by atoms with Crippen molar-refractivity contribution in [3.63, 3.8) is 0 Å². The number of amides is 1. The number of H-pyrrole nitrogens is 1. The average molecular weight is 299 g/mol. The van der Waals surface area contributed by atoms with E-state index in [1.165, 1.54) is 0 Å². The number of fused-ring (bicyclic) bond motifs is 1. The molecule has 0 saturated heterocycles. The number of hydrogen-bond acceptors (Lipinski definition) is 3. The first-order chi connectivity index (χ1) is 10.8. The van der Waals surface area contributed by atoms with Crippen LogP contribution in [0.1, 0.15) is 10.4 Å². The first-order valence-corrected chi connectivity index (χ1v) is 6.81. The van der Waals surface area contributed by atoms with Crippen molar-refractivity contribution in [2.75, 3.05) is 18.6 Å². The fraction of sp³-hybridized carbons (Fsp3) is 0.125. The normalized spacial score (nSPS) is 10.6. The predicted octanol–water partition coefficient (Wildman–Crippen LogP) is 3.16. The smallest absolute Gasteiger partial charge is 0.256 e. The Bertz CT molecular complexity index is 786. The average Bonchev–Trinajstić information content (AvgIpc) is 2.96. The van der Waals surface area contributed by atoms with Gasteiger partial charge in [-0.1, -0.05) is 18.2 Å². The van der Waals surface area contributed by atoms with Gasteiger partial charge in [0.2, 0.25) is 0 Å². The lowest BCUT2D eigenvalue weighted by molar-refractivity contribution is 0.102. The van der Waals surface area contributed by atoms with Crippen LogP contribution < -0.4 is 10.1 Å². The van der Waals surface area contributed by atoms with Crippen molar-refractivity contribution in [1.82, 2.24) is 10.2 Å². The van der Waals surface area contributed by atoms with Gasteiger partial charge in [0, 0.05) is 10.9 Å². The number of ether oxygens (including phenoxy) is 1. The van der Waals surface area contributed by atoms with Crippen LogP contribution in [-0.2, 0) is 0 Å². The highest BCUT2D eigenvalue weighted by molar-refractivity contribution is 6.07. The highest BCUT2D eigenvalue weighted by Gasteiger charge is 2.11. The number of nitrogens with one attached hydrogen (secondary N) is 2. The number of rotatable bonds is 5. The number of benzene rings is 2. The number of nitrogens with zero attached hydrogens (tertiary/aromatic N) is 1. The maximum absolute atomic E-state index is 12.2. The lowest BCUT2D eigenvalue weighted by Crippen LogP contribution is -2.12. The minimum atomic E-state index is -0.555. The van der Waals surface area contributed by atoms with E-state index in [0.29, 0.717) is 22.5 Å². The van der Waals surface area contributed by atoms with Crippen molar-refractivity contribution in [1.29, 1.82) is 0 Å². The van der Waals surface area contributed by atoms with Crippen molar-refractivity contribution in [3.05, 3.63) is 54.1 Å². The van der Waals surface area contributed by atoms with E-state index in [2.05, 4.69) is 15.5 Å². The Kier molecular flexibility index (Phi) is 4.00. The summed E-state index contributed by atoms with van der Waals surface area (Å²) in [5.41, 5.74) is 1.31. The van der Waals surface area contributed by atoms with Crippen LogP contribution in [0.3, 0.4) is 0 Å². The van der Waals surface area contributed by atoms with Crippen LogP contribution in [0.15, 0.2) is 48.5 Å². The van der Waals surface area contributed by atoms with E-state index in [4.69, 9.17) is 4.74 Å². The number of alkyl halides is 1. The van der Waals surface area contributed by atoms with E-state index in [1.807, 2.05) is 6.07 Å². The van der Waals surface area contributed by atoms with Gasteiger partial charge in [-0.2, -0.15) is 5.10 Å². The molecular weight excluding hydrogens is 285 g/mol. The molecule has 3 aromatic rings. The molecule has 0 radical (unpaired) electrons. The predicted molar refractivity (Wildman–Crippen MR) is 82.0 cm³/mol. The van der Waals surface area contributed by atoms with Gasteiger partial charge in [0.25, 0.3) is 5.91 Å². The molecule has 0 saturated carbocycles. The van der Waals surface area contributed by atoms with Gasteiger partial charge < -0.3 is 10.1 Å². The Morgan fingerprint density at radius 3 is 2.82 bits per heavy atom. The molecule has 22 heavy (non-hydrogen) atoms. The number of hydrogen-bond donors (Lipinski definition) is 2. The summed E-state index contributed by atoms with van der Waals surface area (Å²) in [7, 11) is 0. The zero-order valence-electron chi connectivity index (χ0n) is 11.7. The number of carbonyl (C=O) groups is 1. The Labute approximate surface area is 126 Å². The second kappa shape index (κ2) is 6.26. The van der Waals surface area contributed by atoms with Gasteiger partial charge in [-0.3, -0.25) is 9.89 Å². The maximum atomic E-state index is 12.2. The zero-order valence-corrected chi connectivity index (χ0v) is 11.7. The molecule has 2 N–H and O–H groups in total. The Balaban J connectivity index is 1.85. The molecule has 2 aromatic carbocycles. The Morgan fingerprint density at radius 1 is 1.23 bits per heavy atom. The molecule has 1 aromatic heterocycles. The van der Waals surface area contributed by atoms with Gasteiger partial charge in [0.1, 0.15) is 19.0 Å². The molecule has 0 aliphatic rings. The van der Waals surface area contributed by atoms with E-state index in [9.17, 15) is 9.18 Å². The van der Waals surface area contributed by atoms with Crippen molar-refractivity contribution >= 4 is 22.6 Å². The fourth-order valence-corrected chi connectivity index (χ4v) is 2.10. The van der Waals surface area contributed by atoms with Crippen LogP contribution in [-0.4, -0.2) is 29.4 Å². The fourth-order valence-electron chi connectivity index (χ4n) is 2.10. The van der Waals surface area contributed by atoms with Crippen LogP contribution in [0.25, 0.3) is 10.9 Å². The molecule has 0 bridgehead atoms. The quantitative estimate of drug-likeness (QED) is 0.760. The largest absolute Gasteiger partial charge is 0.491 e. The molecule has 0 aliphatic heterocycles. The van der Waals surface area contributed by atoms with Crippen LogP contribution in [0.4, 0.5) is 10.2 Å². The first kappa shape index (κ1) is 14.1. The minimum absolute atomic E-state index is 0.00489. The minimum Gasteiger partial charge on any atom is -0.491 e. The number of aromatic amines is 1. The van der Waals surface area contributed by atoms with Crippen LogP contribution >= 0.6 is 0 Å². The third-order valence-corrected chi connectivity index (χ3v) is 3.15. The topological polar surface area (TPSA) is 67.0 Å². The molecule has 0 atom stereocenters. The van der Waals surface area contributed by atoms with E-state index in [0.717, 1.165) is 5.52 Å². The number of halogens is 1. The molecular formula is C16H14FN3O2. The molecule has 5 nitrogen and oxygen atoms in total. The number of anilines is 1. The van der Waals surface area contributed by atoms with Crippen molar-refractivity contribution in [2.45, 2.75) is 0 Å². The molecule has 1 heterocycles. The van der Waals surface area contributed by atoms with Crippen molar-refractivity contribution in [3.8, 4) is 5.75 Å². The summed E-state index contributed by atoms with van der Waals surface area (Å²) in [4.78, 5) is 12.2. The number of aromatic nitrogens is 2. The van der Waals surface area contributed by atoms with Gasteiger partial charge in [-0.15, -0.1) is 0 Å². The van der Waals surface area contributed by atoms with Crippen LogP contribution in [0, 0.1) is 0 Å². The van der Waals surface area contributed by atoms with E-state index < -0.39 is 6.67 Å². The van der Waals surface area contributed by atoms with Crippen molar-refractivity contribution in [2.24, 2.45) is 0 Å². The van der Waals surface area contributed by atoms with Gasteiger partial charge in [0.15, 0.2) is 5.82 Å². The Morgan fingerprint density at radius 2 is 2.05 bits per heavy atom. The van der Waals surface area contributed by atoms with E-state index in [-0.39, 0.29) is 12.5 Å². The summed E-state index contributed by atoms with van der Waals surface area (Å²) in [6.07, 6.45) is 0. The summed E-state index contributed by atoms with van der Waals surface area (Å²) in [5.74, 6) is 0.695. The van der Waals surface area contributed by atoms with Gasteiger partial charge in [0.05, 0.1) is 5.52 Å². The lowest BCUT2D eigenvalue weighted by atomic mass is 10.2. The molecule has 0 spiro atoms. The lowest BCUT2D eigenvalue weighted by Gasteiger charge is -2.05. The molecule has 0 aliphatic carbocycles. The summed E-state index contributed by atoms with van der Waals surface area (Å²) < 4.78 is 17.4. The standard InChI is InChI=1S/C16H14FN3O2/c17-8-9-22-12-6-7-14-13(10-12)15(20-19-14)18-16(21)11-4-2-1-3-5-11/h1-7,10H,8-9H2,(H2,18,19,20,21). The third kappa shape index (κ3) is 2.90.